The molecule has 0 aliphatic rings. The van der Waals surface area contributed by atoms with Crippen LogP contribution >= 0.6 is 0 Å². The number of likely N-dealkylation sites (N-methyl/N-ethyl adjacent to an activating group) is 1. The molecule has 0 bridgehead atoms. The summed E-state index contributed by atoms with van der Waals surface area (Å²) in [5.41, 5.74) is 0. The number of carbonyl (C=O) groups is 2. The van der Waals surface area contributed by atoms with E-state index in [1.807, 2.05) is 46.7 Å². The molecule has 4 nitrogen and oxygen atoms in total. The van der Waals surface area contributed by atoms with Gasteiger partial charge in [0.25, 0.3) is 0 Å². The Bertz CT molecular complexity index is 265. The molecule has 0 aromatic rings. The summed E-state index contributed by atoms with van der Waals surface area (Å²) in [6.07, 6.45) is 0. The third-order valence-electron chi connectivity index (χ3n) is 2.98. The van der Waals surface area contributed by atoms with E-state index in [9.17, 15) is 9.59 Å². The van der Waals surface area contributed by atoms with Crippen molar-refractivity contribution in [3.63, 3.8) is 0 Å². The monoisotopic (exact) mass is 242 g/mol. The van der Waals surface area contributed by atoms with Crippen LogP contribution in [0.15, 0.2) is 0 Å². The maximum absolute atomic E-state index is 12.5. The number of Topliss-reactive ketones (excluding diaryl/α,β-unsaturated/α-hetero) is 1. The maximum atomic E-state index is 12.5. The number of nitrogens with one attached hydrogen (secondary N) is 1. The molecule has 0 saturated heterocycles. The van der Waals surface area contributed by atoms with Gasteiger partial charge in [-0.1, -0.05) is 27.7 Å². The van der Waals surface area contributed by atoms with Gasteiger partial charge in [0.05, 0.1) is 6.04 Å². The van der Waals surface area contributed by atoms with Crippen LogP contribution in [-0.2, 0) is 9.59 Å². The molecule has 0 aliphatic heterocycles. The highest BCUT2D eigenvalue weighted by atomic mass is 16.2. The molecule has 2 atom stereocenters. The van der Waals surface area contributed by atoms with Crippen LogP contribution in [0.1, 0.15) is 27.7 Å². The lowest BCUT2D eigenvalue weighted by Crippen LogP contribution is -2.48. The molecule has 4 heteroatoms. The largest absolute Gasteiger partial charge is 0.359 e. The van der Waals surface area contributed by atoms with Crippen molar-refractivity contribution in [2.45, 2.75) is 33.7 Å². The number of hydrogen-bond acceptors (Lipinski definition) is 3. The summed E-state index contributed by atoms with van der Waals surface area (Å²) in [6, 6.07) is -0.209. The predicted molar refractivity (Wildman–Crippen MR) is 69.7 cm³/mol. The molecule has 0 heterocycles. The smallest absolute Gasteiger partial charge is 0.230 e. The highest BCUT2D eigenvalue weighted by Gasteiger charge is 2.36. The zero-order valence-corrected chi connectivity index (χ0v) is 12.1. The number of carbonyl (C=O) groups excluding carboxylic acids is 2. The second kappa shape index (κ2) is 6.74. The Balaban J connectivity index is 5.12. The lowest BCUT2D eigenvalue weighted by molar-refractivity contribution is -0.139. The molecule has 0 rings (SSSR count). The number of ketones is 1. The summed E-state index contributed by atoms with van der Waals surface area (Å²) in [6.45, 7) is 7.82. The van der Waals surface area contributed by atoms with Crippen LogP contribution in [0.4, 0.5) is 0 Å². The third kappa shape index (κ3) is 4.11. The summed E-state index contributed by atoms with van der Waals surface area (Å²) in [7, 11) is 5.33. The van der Waals surface area contributed by atoms with E-state index in [0.717, 1.165) is 0 Å². The second-order valence-corrected chi connectivity index (χ2v) is 5.39. The normalized spacial score (nSPS) is 15.2. The van der Waals surface area contributed by atoms with E-state index in [2.05, 4.69) is 5.32 Å². The minimum Gasteiger partial charge on any atom is -0.359 e. The standard InChI is InChI=1S/C13H26N2O2/c1-8(2)10(13(17)14-5)12(16)11(9(3)4)15(6)7/h8-11H,1-7H3,(H,14,17)/t10?,11-/m0/s1. The summed E-state index contributed by atoms with van der Waals surface area (Å²) in [5.74, 6) is -0.515. The number of nitrogens with zero attached hydrogens (tertiary/aromatic N) is 1. The van der Waals surface area contributed by atoms with Crippen molar-refractivity contribution in [1.29, 1.82) is 0 Å². The molecule has 0 fully saturated rings. The Kier molecular flexibility index (Phi) is 6.39. The highest BCUT2D eigenvalue weighted by Crippen LogP contribution is 2.20. The zero-order chi connectivity index (χ0) is 13.7. The van der Waals surface area contributed by atoms with Crippen molar-refractivity contribution < 1.29 is 9.59 Å². The Morgan fingerprint density at radius 2 is 1.47 bits per heavy atom. The first-order chi connectivity index (χ1) is 7.73. The van der Waals surface area contributed by atoms with Crippen LogP contribution in [0.25, 0.3) is 0 Å². The summed E-state index contributed by atoms with van der Waals surface area (Å²) < 4.78 is 0. The predicted octanol–water partition coefficient (Wildman–Crippen LogP) is 1.16. The SMILES string of the molecule is CNC(=O)C(C(=O)[C@H](C(C)C)N(C)C)C(C)C. The summed E-state index contributed by atoms with van der Waals surface area (Å²) in [4.78, 5) is 26.2. The van der Waals surface area contributed by atoms with Gasteiger partial charge < -0.3 is 5.32 Å². The molecule has 0 saturated carbocycles. The molecule has 0 aliphatic carbocycles. The van der Waals surface area contributed by atoms with Crippen molar-refractivity contribution in [2.75, 3.05) is 21.1 Å². The van der Waals surface area contributed by atoms with Crippen molar-refractivity contribution in [2.24, 2.45) is 17.8 Å². The Labute approximate surface area is 105 Å². The van der Waals surface area contributed by atoms with Gasteiger partial charge in [-0.3, -0.25) is 14.5 Å². The van der Waals surface area contributed by atoms with E-state index in [4.69, 9.17) is 0 Å². The summed E-state index contributed by atoms with van der Waals surface area (Å²) in [5, 5.41) is 2.58. The molecular weight excluding hydrogens is 216 g/mol. The Morgan fingerprint density at radius 1 is 1.00 bits per heavy atom. The second-order valence-electron chi connectivity index (χ2n) is 5.39. The molecule has 17 heavy (non-hydrogen) atoms. The fourth-order valence-corrected chi connectivity index (χ4v) is 2.28. The lowest BCUT2D eigenvalue weighted by atomic mass is 9.83. The van der Waals surface area contributed by atoms with Gasteiger partial charge in [-0.05, 0) is 25.9 Å². The average Bonchev–Trinajstić information content (AvgIpc) is 2.15. The van der Waals surface area contributed by atoms with Gasteiger partial charge in [-0.25, -0.2) is 0 Å². The first-order valence-electron chi connectivity index (χ1n) is 6.15. The third-order valence-corrected chi connectivity index (χ3v) is 2.98. The van der Waals surface area contributed by atoms with E-state index >= 15 is 0 Å². The van der Waals surface area contributed by atoms with E-state index in [0.29, 0.717) is 0 Å². The Morgan fingerprint density at radius 3 is 1.71 bits per heavy atom. The molecule has 1 unspecified atom stereocenters. The van der Waals surface area contributed by atoms with Crippen LogP contribution < -0.4 is 5.32 Å². The Hall–Kier alpha value is -0.900. The van der Waals surface area contributed by atoms with E-state index < -0.39 is 5.92 Å². The van der Waals surface area contributed by atoms with Crippen molar-refractivity contribution >= 4 is 11.7 Å². The first kappa shape index (κ1) is 16.1. The van der Waals surface area contributed by atoms with Gasteiger partial charge >= 0.3 is 0 Å². The van der Waals surface area contributed by atoms with Gasteiger partial charge in [0.2, 0.25) is 5.91 Å². The van der Waals surface area contributed by atoms with Gasteiger partial charge in [0, 0.05) is 7.05 Å². The van der Waals surface area contributed by atoms with Crippen molar-refractivity contribution in [1.82, 2.24) is 10.2 Å². The molecular formula is C13H26N2O2. The zero-order valence-electron chi connectivity index (χ0n) is 12.1. The molecule has 0 spiro atoms. The molecule has 0 aromatic carbocycles. The minimum atomic E-state index is -0.560. The lowest BCUT2D eigenvalue weighted by Gasteiger charge is -2.30. The van der Waals surface area contributed by atoms with Gasteiger partial charge in [-0.15, -0.1) is 0 Å². The van der Waals surface area contributed by atoms with Crippen LogP contribution in [0.3, 0.4) is 0 Å². The summed E-state index contributed by atoms with van der Waals surface area (Å²) >= 11 is 0. The molecule has 0 radical (unpaired) electrons. The van der Waals surface area contributed by atoms with E-state index in [-0.39, 0.29) is 29.6 Å². The quantitative estimate of drug-likeness (QED) is 0.711. The maximum Gasteiger partial charge on any atom is 0.230 e. The van der Waals surface area contributed by atoms with E-state index in [1.54, 1.807) is 7.05 Å². The number of amides is 1. The van der Waals surface area contributed by atoms with Crippen LogP contribution in [-0.4, -0.2) is 43.8 Å². The van der Waals surface area contributed by atoms with Gasteiger partial charge in [-0.2, -0.15) is 0 Å². The van der Waals surface area contributed by atoms with Crippen molar-refractivity contribution in [3.8, 4) is 0 Å². The van der Waals surface area contributed by atoms with Crippen LogP contribution in [0.5, 0.6) is 0 Å². The molecule has 0 aromatic heterocycles. The van der Waals surface area contributed by atoms with Gasteiger partial charge in [0.1, 0.15) is 5.92 Å². The van der Waals surface area contributed by atoms with E-state index in [1.165, 1.54) is 0 Å². The highest BCUT2D eigenvalue weighted by molar-refractivity contribution is 6.04. The number of hydrogen-bond donors (Lipinski definition) is 1. The molecule has 100 valence electrons. The van der Waals surface area contributed by atoms with Gasteiger partial charge in [0.15, 0.2) is 5.78 Å². The first-order valence-corrected chi connectivity index (χ1v) is 6.15. The minimum absolute atomic E-state index is 0.0133. The van der Waals surface area contributed by atoms with Crippen LogP contribution in [0.2, 0.25) is 0 Å². The fourth-order valence-electron chi connectivity index (χ4n) is 2.28. The van der Waals surface area contributed by atoms with Crippen LogP contribution in [0, 0.1) is 17.8 Å². The average molecular weight is 242 g/mol. The molecule has 1 amide bonds. The fraction of sp³-hybridized carbons (Fsp3) is 0.846. The number of rotatable bonds is 6. The van der Waals surface area contributed by atoms with Crippen molar-refractivity contribution in [3.05, 3.63) is 0 Å². The molecule has 1 N–H and O–H groups in total. The topological polar surface area (TPSA) is 49.4 Å².